The molecule has 1 aliphatic heterocycles. The molecule has 1 amide bonds. The fourth-order valence-electron chi connectivity index (χ4n) is 1.77. The van der Waals surface area contributed by atoms with Crippen LogP contribution in [0.1, 0.15) is 20.3 Å². The summed E-state index contributed by atoms with van der Waals surface area (Å²) in [5.41, 5.74) is 0. The van der Waals surface area contributed by atoms with Crippen LogP contribution < -0.4 is 0 Å². The summed E-state index contributed by atoms with van der Waals surface area (Å²) < 4.78 is 0. The van der Waals surface area contributed by atoms with Crippen molar-refractivity contribution in [3.05, 3.63) is 0 Å². The molecule has 16 heavy (non-hydrogen) atoms. The molecule has 0 saturated carbocycles. The molecule has 0 aliphatic carbocycles. The van der Waals surface area contributed by atoms with Gasteiger partial charge in [-0.05, 0) is 19.1 Å². The molecule has 0 radical (unpaired) electrons. The van der Waals surface area contributed by atoms with Crippen LogP contribution in [-0.4, -0.2) is 46.5 Å². The topological polar surface area (TPSA) is 57.6 Å². The predicted molar refractivity (Wildman–Crippen MR) is 64.5 cm³/mol. The Morgan fingerprint density at radius 2 is 2.25 bits per heavy atom. The van der Waals surface area contributed by atoms with Gasteiger partial charge in [0.2, 0.25) is 5.91 Å². The number of nitrogens with zero attached hydrogens (tertiary/aromatic N) is 1. The Morgan fingerprint density at radius 3 is 2.69 bits per heavy atom. The Morgan fingerprint density at radius 1 is 1.56 bits per heavy atom. The van der Waals surface area contributed by atoms with Gasteiger partial charge >= 0.3 is 5.97 Å². The Hall–Kier alpha value is -0.710. The van der Waals surface area contributed by atoms with Gasteiger partial charge in [-0.15, -0.1) is 0 Å². The predicted octanol–water partition coefficient (Wildman–Crippen LogP) is 1.31. The highest BCUT2D eigenvalue weighted by atomic mass is 32.2. The second kappa shape index (κ2) is 6.13. The maximum Gasteiger partial charge on any atom is 0.308 e. The normalized spacial score (nSPS) is 21.8. The number of carboxylic acids is 1. The fourth-order valence-corrected chi connectivity index (χ4v) is 2.98. The lowest BCUT2D eigenvalue weighted by Gasteiger charge is -2.25. The third kappa shape index (κ3) is 3.40. The Labute approximate surface area is 100 Å². The Bertz CT molecular complexity index is 264. The molecule has 0 aromatic rings. The van der Waals surface area contributed by atoms with Crippen molar-refractivity contribution in [2.75, 3.05) is 24.6 Å². The summed E-state index contributed by atoms with van der Waals surface area (Å²) in [6.07, 6.45) is 0.932. The number of carboxylic acid groups (broad SMARTS) is 1. The van der Waals surface area contributed by atoms with Crippen LogP contribution in [0.15, 0.2) is 0 Å². The zero-order chi connectivity index (χ0) is 12.1. The van der Waals surface area contributed by atoms with E-state index in [0.717, 1.165) is 17.9 Å². The molecule has 1 saturated heterocycles. The number of carbonyl (C=O) groups is 2. The zero-order valence-electron chi connectivity index (χ0n) is 9.81. The van der Waals surface area contributed by atoms with Crippen LogP contribution in [-0.2, 0) is 9.59 Å². The maximum absolute atomic E-state index is 12.1. The van der Waals surface area contributed by atoms with Crippen molar-refractivity contribution in [1.82, 2.24) is 4.90 Å². The van der Waals surface area contributed by atoms with Crippen molar-refractivity contribution < 1.29 is 14.7 Å². The minimum Gasteiger partial charge on any atom is -0.481 e. The lowest BCUT2D eigenvalue weighted by atomic mass is 10.1. The second-order valence-corrected chi connectivity index (χ2v) is 5.33. The summed E-state index contributed by atoms with van der Waals surface area (Å²) >= 11 is 1.80. The van der Waals surface area contributed by atoms with Gasteiger partial charge in [0.25, 0.3) is 0 Å². The molecule has 0 aromatic carbocycles. The summed E-state index contributed by atoms with van der Waals surface area (Å²) in [5.74, 6) is 0.829. The van der Waals surface area contributed by atoms with E-state index in [-0.39, 0.29) is 11.8 Å². The molecule has 1 aliphatic rings. The number of hydrogen-bond acceptors (Lipinski definition) is 3. The van der Waals surface area contributed by atoms with Crippen molar-refractivity contribution in [3.8, 4) is 0 Å². The average molecular weight is 245 g/mol. The summed E-state index contributed by atoms with van der Waals surface area (Å²) in [4.78, 5) is 24.5. The molecule has 1 heterocycles. The first kappa shape index (κ1) is 13.4. The van der Waals surface area contributed by atoms with Crippen LogP contribution in [0.5, 0.6) is 0 Å². The lowest BCUT2D eigenvalue weighted by Crippen LogP contribution is -2.40. The van der Waals surface area contributed by atoms with Crippen LogP contribution in [0.4, 0.5) is 0 Å². The van der Waals surface area contributed by atoms with E-state index in [9.17, 15) is 9.59 Å². The maximum atomic E-state index is 12.1. The highest BCUT2D eigenvalue weighted by Crippen LogP contribution is 2.25. The molecule has 0 aromatic heterocycles. The smallest absolute Gasteiger partial charge is 0.308 e. The highest BCUT2D eigenvalue weighted by molar-refractivity contribution is 7.99. The van der Waals surface area contributed by atoms with Gasteiger partial charge in [0, 0.05) is 24.8 Å². The number of rotatable bonds is 5. The minimum atomic E-state index is -0.841. The van der Waals surface area contributed by atoms with E-state index < -0.39 is 11.9 Å². The van der Waals surface area contributed by atoms with Crippen molar-refractivity contribution in [3.63, 3.8) is 0 Å². The SMILES string of the molecule is CCN(CC(C)C(=O)O)C(=O)C1CCSC1. The van der Waals surface area contributed by atoms with Crippen molar-refractivity contribution in [2.24, 2.45) is 11.8 Å². The summed E-state index contributed by atoms with van der Waals surface area (Å²) in [6, 6.07) is 0. The summed E-state index contributed by atoms with van der Waals surface area (Å²) in [6.45, 7) is 4.46. The standard InChI is InChI=1S/C11H19NO3S/c1-3-12(6-8(2)11(14)15)10(13)9-4-5-16-7-9/h8-9H,3-7H2,1-2H3,(H,14,15). The third-order valence-corrected chi connectivity index (χ3v) is 4.05. The molecule has 2 unspecified atom stereocenters. The molecule has 1 N–H and O–H groups in total. The van der Waals surface area contributed by atoms with Crippen LogP contribution in [0.3, 0.4) is 0 Å². The van der Waals surface area contributed by atoms with Crippen molar-refractivity contribution in [1.29, 1.82) is 0 Å². The van der Waals surface area contributed by atoms with Crippen LogP contribution in [0, 0.1) is 11.8 Å². The van der Waals surface area contributed by atoms with Gasteiger partial charge in [-0.25, -0.2) is 0 Å². The number of aliphatic carboxylic acids is 1. The summed E-state index contributed by atoms with van der Waals surface area (Å²) in [5, 5.41) is 8.83. The van der Waals surface area contributed by atoms with E-state index >= 15 is 0 Å². The largest absolute Gasteiger partial charge is 0.481 e. The number of amides is 1. The zero-order valence-corrected chi connectivity index (χ0v) is 10.6. The molecule has 0 spiro atoms. The highest BCUT2D eigenvalue weighted by Gasteiger charge is 2.28. The fraction of sp³-hybridized carbons (Fsp3) is 0.818. The molecule has 1 fully saturated rings. The Kier molecular flexibility index (Phi) is 5.12. The Balaban J connectivity index is 2.52. The van der Waals surface area contributed by atoms with E-state index in [1.165, 1.54) is 0 Å². The van der Waals surface area contributed by atoms with E-state index in [2.05, 4.69) is 0 Å². The van der Waals surface area contributed by atoms with Gasteiger partial charge < -0.3 is 10.0 Å². The van der Waals surface area contributed by atoms with E-state index in [0.29, 0.717) is 13.1 Å². The average Bonchev–Trinajstić information content (AvgIpc) is 2.77. The first-order chi connectivity index (χ1) is 7.56. The molecular formula is C11H19NO3S. The van der Waals surface area contributed by atoms with Crippen molar-refractivity contribution in [2.45, 2.75) is 20.3 Å². The molecule has 5 heteroatoms. The lowest BCUT2D eigenvalue weighted by molar-refractivity contribution is -0.143. The van der Waals surface area contributed by atoms with Gasteiger partial charge in [-0.2, -0.15) is 11.8 Å². The van der Waals surface area contributed by atoms with Crippen LogP contribution in [0.2, 0.25) is 0 Å². The number of hydrogen-bond donors (Lipinski definition) is 1. The quantitative estimate of drug-likeness (QED) is 0.793. The molecule has 4 nitrogen and oxygen atoms in total. The van der Waals surface area contributed by atoms with E-state index in [1.54, 1.807) is 23.6 Å². The number of thioether (sulfide) groups is 1. The van der Waals surface area contributed by atoms with Gasteiger partial charge in [-0.1, -0.05) is 6.92 Å². The third-order valence-electron chi connectivity index (χ3n) is 2.89. The van der Waals surface area contributed by atoms with Gasteiger partial charge in [0.1, 0.15) is 0 Å². The van der Waals surface area contributed by atoms with E-state index in [1.807, 2.05) is 6.92 Å². The monoisotopic (exact) mass is 245 g/mol. The van der Waals surface area contributed by atoms with Gasteiger partial charge in [0.15, 0.2) is 0 Å². The molecular weight excluding hydrogens is 226 g/mol. The molecule has 92 valence electrons. The molecule has 0 bridgehead atoms. The first-order valence-corrected chi connectivity index (χ1v) is 6.81. The summed E-state index contributed by atoms with van der Waals surface area (Å²) in [7, 11) is 0. The van der Waals surface area contributed by atoms with Crippen molar-refractivity contribution >= 4 is 23.6 Å². The second-order valence-electron chi connectivity index (χ2n) is 4.18. The molecule has 2 atom stereocenters. The van der Waals surface area contributed by atoms with Crippen LogP contribution in [0.25, 0.3) is 0 Å². The van der Waals surface area contributed by atoms with Gasteiger partial charge in [-0.3, -0.25) is 9.59 Å². The van der Waals surface area contributed by atoms with Gasteiger partial charge in [0.05, 0.1) is 5.92 Å². The minimum absolute atomic E-state index is 0.103. The van der Waals surface area contributed by atoms with Crippen LogP contribution >= 0.6 is 11.8 Å². The first-order valence-electron chi connectivity index (χ1n) is 5.65. The van der Waals surface area contributed by atoms with E-state index in [4.69, 9.17) is 5.11 Å². The number of carbonyl (C=O) groups excluding carboxylic acids is 1. The molecule has 1 rings (SSSR count).